The zero-order chi connectivity index (χ0) is 33.1. The molecule has 2 N–H and O–H groups in total. The molecule has 47 heavy (non-hydrogen) atoms. The Morgan fingerprint density at radius 1 is 1.00 bits per heavy atom. The fourth-order valence-electron chi connectivity index (χ4n) is 8.51. The van der Waals surface area contributed by atoms with Crippen LogP contribution >= 0.6 is 23.2 Å². The highest BCUT2D eigenvalue weighted by Gasteiger charge is 2.44. The lowest BCUT2D eigenvalue weighted by Gasteiger charge is -2.45. The molecule has 4 heterocycles. The summed E-state index contributed by atoms with van der Waals surface area (Å²) in [4.78, 5) is 22.5. The number of likely N-dealkylation sites (tertiary alicyclic amines) is 1. The molecule has 0 saturated carbocycles. The van der Waals surface area contributed by atoms with Gasteiger partial charge in [-0.2, -0.15) is 0 Å². The van der Waals surface area contributed by atoms with Gasteiger partial charge in [0.25, 0.3) is 5.91 Å². The summed E-state index contributed by atoms with van der Waals surface area (Å²) in [5.74, 6) is 0.400. The number of imidazole rings is 1. The van der Waals surface area contributed by atoms with Gasteiger partial charge in [0, 0.05) is 47.2 Å². The number of aromatic nitrogens is 2. The van der Waals surface area contributed by atoms with Crippen molar-refractivity contribution in [2.75, 3.05) is 19.6 Å². The molecule has 4 aromatic rings. The number of nitrogens with two attached hydrogens (primary N) is 1. The molecule has 8 nitrogen and oxygen atoms in total. The van der Waals surface area contributed by atoms with Crippen molar-refractivity contribution in [3.05, 3.63) is 93.5 Å². The van der Waals surface area contributed by atoms with Crippen molar-refractivity contribution in [1.29, 1.82) is 0 Å². The Morgan fingerprint density at radius 2 is 1.70 bits per heavy atom. The maximum absolute atomic E-state index is 14.8. The quantitative estimate of drug-likeness (QED) is 0.227. The van der Waals surface area contributed by atoms with E-state index in [0.29, 0.717) is 49.1 Å². The van der Waals surface area contributed by atoms with E-state index < -0.39 is 10.0 Å². The Hall–Kier alpha value is -3.02. The van der Waals surface area contributed by atoms with Crippen LogP contribution in [0.5, 0.6) is 0 Å². The summed E-state index contributed by atoms with van der Waals surface area (Å²) in [7, 11) is -4.09. The van der Waals surface area contributed by atoms with Crippen molar-refractivity contribution >= 4 is 50.2 Å². The van der Waals surface area contributed by atoms with Gasteiger partial charge in [0.1, 0.15) is 16.5 Å². The van der Waals surface area contributed by atoms with Gasteiger partial charge in [-0.1, -0.05) is 35.3 Å². The van der Waals surface area contributed by atoms with Crippen molar-refractivity contribution in [2.24, 2.45) is 5.14 Å². The van der Waals surface area contributed by atoms with Crippen LogP contribution in [0.2, 0.25) is 10.0 Å². The molecule has 7 rings (SSSR count). The molecular weight excluding hydrogens is 660 g/mol. The van der Waals surface area contributed by atoms with E-state index >= 15 is 0 Å². The zero-order valence-electron chi connectivity index (χ0n) is 26.2. The lowest BCUT2D eigenvalue weighted by Crippen LogP contribution is -2.49. The molecule has 3 aromatic carbocycles. The van der Waals surface area contributed by atoms with E-state index in [-0.39, 0.29) is 32.6 Å². The van der Waals surface area contributed by atoms with Gasteiger partial charge in [-0.15, -0.1) is 0 Å². The summed E-state index contributed by atoms with van der Waals surface area (Å²) in [5, 5.41) is 5.65. The standard InChI is InChI=1S/C35H38Cl2FN5O3S/c1-22-40-31-4-2-3-5-32(31)43(22)29-20-27-7-8-28(21-29)42(27)15-12-35(24-17-25(36)19-26(38)18-24)10-13-41(14-11-35)34(44)23-6-9-30(37)33(16-23)47(39,45)46/h2-6,9,16-19,27-29H,7-8,10-15,20-21H2,1H3,(H2,39,45,46)/t27-,28+,29+. The maximum Gasteiger partial charge on any atom is 0.253 e. The van der Waals surface area contributed by atoms with Gasteiger partial charge in [-0.3, -0.25) is 9.69 Å². The van der Waals surface area contributed by atoms with Crippen molar-refractivity contribution in [3.8, 4) is 0 Å². The minimum Gasteiger partial charge on any atom is -0.339 e. The monoisotopic (exact) mass is 697 g/mol. The highest BCUT2D eigenvalue weighted by Crippen LogP contribution is 2.45. The molecule has 2 bridgehead atoms. The van der Waals surface area contributed by atoms with Crippen molar-refractivity contribution in [2.45, 2.75) is 80.3 Å². The molecule has 0 spiro atoms. The van der Waals surface area contributed by atoms with E-state index in [4.69, 9.17) is 33.3 Å². The number of primary sulfonamides is 1. The predicted molar refractivity (Wildman–Crippen MR) is 182 cm³/mol. The van der Waals surface area contributed by atoms with Gasteiger partial charge in [0.15, 0.2) is 0 Å². The van der Waals surface area contributed by atoms with Crippen molar-refractivity contribution in [3.63, 3.8) is 0 Å². The number of nitrogens with zero attached hydrogens (tertiary/aromatic N) is 4. The summed E-state index contributed by atoms with van der Waals surface area (Å²) in [5.41, 5.74) is 2.94. The summed E-state index contributed by atoms with van der Waals surface area (Å²) in [6, 6.07) is 18.6. The van der Waals surface area contributed by atoms with Gasteiger partial charge < -0.3 is 9.47 Å². The van der Waals surface area contributed by atoms with Crippen LogP contribution in [-0.2, 0) is 15.4 Å². The molecule has 0 radical (unpaired) electrons. The normalized spacial score (nSPS) is 23.0. The van der Waals surface area contributed by atoms with Gasteiger partial charge in [0.05, 0.1) is 16.1 Å². The van der Waals surface area contributed by atoms with Crippen LogP contribution in [0.1, 0.15) is 72.7 Å². The third-order valence-corrected chi connectivity index (χ3v) is 12.4. The van der Waals surface area contributed by atoms with E-state index in [0.717, 1.165) is 55.6 Å². The Balaban J connectivity index is 1.09. The Bertz CT molecular complexity index is 1930. The number of benzene rings is 3. The first-order chi connectivity index (χ1) is 22.4. The van der Waals surface area contributed by atoms with Crippen LogP contribution in [0, 0.1) is 12.7 Å². The second-order valence-electron chi connectivity index (χ2n) is 13.4. The van der Waals surface area contributed by atoms with Crippen molar-refractivity contribution < 1.29 is 17.6 Å². The van der Waals surface area contributed by atoms with Gasteiger partial charge in [-0.05, 0) is 113 Å². The first-order valence-corrected chi connectivity index (χ1v) is 18.5. The fraction of sp³-hybridized carbons (Fsp3) is 0.429. The topological polar surface area (TPSA) is 102 Å². The predicted octanol–water partition coefficient (Wildman–Crippen LogP) is 6.87. The smallest absolute Gasteiger partial charge is 0.253 e. The summed E-state index contributed by atoms with van der Waals surface area (Å²) in [6.07, 6.45) is 6.53. The molecule has 248 valence electrons. The Kier molecular flexibility index (Phi) is 8.62. The van der Waals surface area contributed by atoms with Gasteiger partial charge >= 0.3 is 0 Å². The van der Waals surface area contributed by atoms with Crippen LogP contribution in [0.3, 0.4) is 0 Å². The van der Waals surface area contributed by atoms with E-state index in [1.165, 1.54) is 29.8 Å². The van der Waals surface area contributed by atoms with E-state index in [2.05, 4.69) is 34.6 Å². The highest BCUT2D eigenvalue weighted by atomic mass is 35.5. The molecule has 3 saturated heterocycles. The molecule has 0 unspecified atom stereocenters. The molecule has 3 fully saturated rings. The summed E-state index contributed by atoms with van der Waals surface area (Å²) in [6.45, 7) is 3.85. The number of para-hydroxylation sites is 2. The SMILES string of the molecule is Cc1nc2ccccc2n1[C@H]1C[C@H]2CC[C@@H](C1)N2CCC1(c2cc(F)cc(Cl)c2)CCN(C(=O)c2ccc(Cl)c(S(N)(=O)=O)c2)CC1. The van der Waals surface area contributed by atoms with Crippen LogP contribution < -0.4 is 5.14 Å². The average Bonchev–Trinajstić information content (AvgIpc) is 3.49. The van der Waals surface area contributed by atoms with E-state index in [1.54, 1.807) is 11.0 Å². The summed E-state index contributed by atoms with van der Waals surface area (Å²) < 4.78 is 41.2. The summed E-state index contributed by atoms with van der Waals surface area (Å²) >= 11 is 12.4. The lowest BCUT2D eigenvalue weighted by molar-refractivity contribution is 0.0606. The Morgan fingerprint density at radius 3 is 2.38 bits per heavy atom. The number of carbonyl (C=O) groups is 1. The maximum atomic E-state index is 14.8. The molecular formula is C35H38Cl2FN5O3S. The van der Waals surface area contributed by atoms with Crippen molar-refractivity contribution in [1.82, 2.24) is 19.4 Å². The molecule has 3 aliphatic rings. The number of piperidine rings is 2. The number of halogens is 3. The fourth-order valence-corrected chi connectivity index (χ4v) is 9.80. The van der Waals surface area contributed by atoms with Crippen LogP contribution in [0.25, 0.3) is 11.0 Å². The van der Waals surface area contributed by atoms with Crippen LogP contribution in [0.4, 0.5) is 4.39 Å². The first-order valence-electron chi connectivity index (χ1n) is 16.2. The van der Waals surface area contributed by atoms with Crippen LogP contribution in [0.15, 0.2) is 65.6 Å². The second kappa shape index (κ2) is 12.5. The molecule has 3 aliphatic heterocycles. The molecule has 0 aliphatic carbocycles. The lowest BCUT2D eigenvalue weighted by atomic mass is 9.70. The second-order valence-corrected chi connectivity index (χ2v) is 15.8. The zero-order valence-corrected chi connectivity index (χ0v) is 28.5. The molecule has 12 heteroatoms. The number of amides is 1. The molecule has 1 aromatic heterocycles. The number of hydrogen-bond acceptors (Lipinski definition) is 5. The third-order valence-electron chi connectivity index (χ3n) is 10.8. The number of fused-ring (bicyclic) bond motifs is 3. The largest absolute Gasteiger partial charge is 0.339 e. The Labute approximate surface area is 284 Å². The third kappa shape index (κ3) is 6.19. The number of rotatable bonds is 7. The number of hydrogen-bond donors (Lipinski definition) is 1. The highest BCUT2D eigenvalue weighted by molar-refractivity contribution is 7.89. The van der Waals surface area contributed by atoms with E-state index in [1.807, 2.05) is 12.1 Å². The average molecular weight is 699 g/mol. The number of carbonyl (C=O) groups excluding carboxylic acids is 1. The van der Waals surface area contributed by atoms with Gasteiger partial charge in [-0.25, -0.2) is 22.9 Å². The van der Waals surface area contributed by atoms with E-state index in [9.17, 15) is 17.6 Å². The minimum atomic E-state index is -4.09. The number of aryl methyl sites for hydroxylation is 1. The molecule has 1 amide bonds. The van der Waals surface area contributed by atoms with Crippen LogP contribution in [-0.4, -0.2) is 65.4 Å². The minimum absolute atomic E-state index is 0.0313. The van der Waals surface area contributed by atoms with Gasteiger partial charge in [0.2, 0.25) is 10.0 Å². The number of sulfonamides is 1. The molecule has 3 atom stereocenters. The first kappa shape index (κ1) is 32.5.